The molecule has 0 atom stereocenters. The van der Waals surface area contributed by atoms with E-state index in [-0.39, 0.29) is 11.7 Å². The number of benzene rings is 1. The molecule has 0 aliphatic carbocycles. The van der Waals surface area contributed by atoms with Gasteiger partial charge in [0.2, 0.25) is 5.95 Å². The predicted molar refractivity (Wildman–Crippen MR) is 78.7 cm³/mol. The van der Waals surface area contributed by atoms with Crippen LogP contribution in [0.25, 0.3) is 0 Å². The van der Waals surface area contributed by atoms with E-state index in [1.807, 2.05) is 14.1 Å². The zero-order valence-corrected chi connectivity index (χ0v) is 12.2. The standard InChI is InChI=1S/C15H17FN4O/c1-10-13(9-18-15(19-10)20(2)3)14(21)17-8-11-4-6-12(16)7-5-11/h4-7,9H,8H2,1-3H3,(H,17,21). The van der Waals surface area contributed by atoms with E-state index in [4.69, 9.17) is 0 Å². The van der Waals surface area contributed by atoms with Gasteiger partial charge >= 0.3 is 0 Å². The Hall–Kier alpha value is -2.50. The highest BCUT2D eigenvalue weighted by Crippen LogP contribution is 2.09. The van der Waals surface area contributed by atoms with Crippen LogP contribution in [0.1, 0.15) is 21.6 Å². The highest BCUT2D eigenvalue weighted by Gasteiger charge is 2.12. The quantitative estimate of drug-likeness (QED) is 0.934. The number of carbonyl (C=O) groups excluding carboxylic acids is 1. The fourth-order valence-corrected chi connectivity index (χ4v) is 1.77. The van der Waals surface area contributed by atoms with Crippen molar-refractivity contribution in [3.63, 3.8) is 0 Å². The predicted octanol–water partition coefficient (Wildman–Crippen LogP) is 1.92. The second-order valence-corrected chi connectivity index (χ2v) is 4.87. The van der Waals surface area contributed by atoms with Crippen molar-refractivity contribution in [1.29, 1.82) is 0 Å². The number of nitrogens with one attached hydrogen (secondary N) is 1. The third-order valence-electron chi connectivity index (χ3n) is 2.98. The van der Waals surface area contributed by atoms with Crippen LogP contribution in [0.3, 0.4) is 0 Å². The number of aromatic nitrogens is 2. The van der Waals surface area contributed by atoms with Crippen molar-refractivity contribution in [1.82, 2.24) is 15.3 Å². The number of hydrogen-bond acceptors (Lipinski definition) is 4. The average molecular weight is 288 g/mol. The molecule has 5 nitrogen and oxygen atoms in total. The molecule has 6 heteroatoms. The van der Waals surface area contributed by atoms with E-state index in [0.29, 0.717) is 23.8 Å². The topological polar surface area (TPSA) is 58.1 Å². The Bertz CT molecular complexity index is 641. The lowest BCUT2D eigenvalue weighted by Gasteiger charge is -2.12. The molecular formula is C15H17FN4O. The summed E-state index contributed by atoms with van der Waals surface area (Å²) in [5.41, 5.74) is 1.88. The number of hydrogen-bond donors (Lipinski definition) is 1. The Morgan fingerprint density at radius 2 is 1.95 bits per heavy atom. The molecule has 21 heavy (non-hydrogen) atoms. The van der Waals surface area contributed by atoms with E-state index < -0.39 is 0 Å². The Balaban J connectivity index is 2.05. The van der Waals surface area contributed by atoms with Crippen molar-refractivity contribution in [2.45, 2.75) is 13.5 Å². The first-order chi connectivity index (χ1) is 9.97. The second-order valence-electron chi connectivity index (χ2n) is 4.87. The molecule has 0 bridgehead atoms. The van der Waals surface area contributed by atoms with Crippen LogP contribution in [0.15, 0.2) is 30.5 Å². The number of rotatable bonds is 4. The van der Waals surface area contributed by atoms with Gasteiger partial charge in [-0.3, -0.25) is 4.79 Å². The summed E-state index contributed by atoms with van der Waals surface area (Å²) < 4.78 is 12.8. The molecule has 0 aliphatic rings. The number of anilines is 1. The third-order valence-corrected chi connectivity index (χ3v) is 2.98. The van der Waals surface area contributed by atoms with Crippen LogP contribution in [0.5, 0.6) is 0 Å². The van der Waals surface area contributed by atoms with Crippen molar-refractivity contribution < 1.29 is 9.18 Å². The summed E-state index contributed by atoms with van der Waals surface area (Å²) >= 11 is 0. The molecule has 0 saturated heterocycles. The van der Waals surface area contributed by atoms with Crippen molar-refractivity contribution in [3.8, 4) is 0 Å². The molecule has 0 aliphatic heterocycles. The first-order valence-corrected chi connectivity index (χ1v) is 6.51. The molecule has 1 amide bonds. The van der Waals surface area contributed by atoms with Gasteiger partial charge in [0.1, 0.15) is 5.82 Å². The average Bonchev–Trinajstić information content (AvgIpc) is 2.46. The van der Waals surface area contributed by atoms with E-state index in [1.165, 1.54) is 18.3 Å². The summed E-state index contributed by atoms with van der Waals surface area (Å²) in [4.78, 5) is 22.3. The number of aryl methyl sites for hydroxylation is 1. The minimum Gasteiger partial charge on any atom is -0.348 e. The van der Waals surface area contributed by atoms with Gasteiger partial charge in [0.25, 0.3) is 5.91 Å². The normalized spacial score (nSPS) is 10.3. The number of carbonyl (C=O) groups is 1. The van der Waals surface area contributed by atoms with E-state index in [2.05, 4.69) is 15.3 Å². The molecule has 0 radical (unpaired) electrons. The second kappa shape index (κ2) is 6.30. The van der Waals surface area contributed by atoms with Gasteiger partial charge in [-0.2, -0.15) is 0 Å². The summed E-state index contributed by atoms with van der Waals surface area (Å²) in [7, 11) is 3.67. The largest absolute Gasteiger partial charge is 0.348 e. The molecule has 2 aromatic rings. The van der Waals surface area contributed by atoms with Gasteiger partial charge in [-0.15, -0.1) is 0 Å². The van der Waals surface area contributed by atoms with Crippen LogP contribution >= 0.6 is 0 Å². The fraction of sp³-hybridized carbons (Fsp3) is 0.267. The number of amides is 1. The van der Waals surface area contributed by atoms with Crippen LogP contribution in [-0.2, 0) is 6.54 Å². The minimum atomic E-state index is -0.298. The molecule has 0 fully saturated rings. The first-order valence-electron chi connectivity index (χ1n) is 6.51. The summed E-state index contributed by atoms with van der Waals surface area (Å²) in [5, 5.41) is 2.77. The van der Waals surface area contributed by atoms with E-state index in [9.17, 15) is 9.18 Å². The molecule has 2 rings (SSSR count). The lowest BCUT2D eigenvalue weighted by Crippen LogP contribution is -2.25. The molecule has 0 spiro atoms. The minimum absolute atomic E-state index is 0.248. The van der Waals surface area contributed by atoms with Gasteiger partial charge in [0.05, 0.1) is 11.3 Å². The van der Waals surface area contributed by atoms with Gasteiger partial charge in [-0.05, 0) is 24.6 Å². The van der Waals surface area contributed by atoms with Crippen molar-refractivity contribution in [2.75, 3.05) is 19.0 Å². The Morgan fingerprint density at radius 3 is 2.52 bits per heavy atom. The smallest absolute Gasteiger partial charge is 0.254 e. The number of halogens is 1. The zero-order valence-electron chi connectivity index (χ0n) is 12.2. The highest BCUT2D eigenvalue weighted by molar-refractivity contribution is 5.94. The Labute approximate surface area is 122 Å². The fourth-order valence-electron chi connectivity index (χ4n) is 1.77. The molecule has 110 valence electrons. The third kappa shape index (κ3) is 3.75. The van der Waals surface area contributed by atoms with Crippen LogP contribution in [0.4, 0.5) is 10.3 Å². The van der Waals surface area contributed by atoms with Gasteiger partial charge in [-0.25, -0.2) is 14.4 Å². The van der Waals surface area contributed by atoms with Gasteiger partial charge in [-0.1, -0.05) is 12.1 Å². The Kier molecular flexibility index (Phi) is 4.47. The van der Waals surface area contributed by atoms with Crippen molar-refractivity contribution >= 4 is 11.9 Å². The van der Waals surface area contributed by atoms with Gasteiger partial charge in [0.15, 0.2) is 0 Å². The van der Waals surface area contributed by atoms with E-state index in [1.54, 1.807) is 24.0 Å². The van der Waals surface area contributed by atoms with Gasteiger partial charge in [0, 0.05) is 26.8 Å². The van der Waals surface area contributed by atoms with E-state index >= 15 is 0 Å². The Morgan fingerprint density at radius 1 is 1.29 bits per heavy atom. The maximum Gasteiger partial charge on any atom is 0.254 e. The molecule has 0 saturated carbocycles. The summed E-state index contributed by atoms with van der Waals surface area (Å²) in [6.07, 6.45) is 1.51. The SMILES string of the molecule is Cc1nc(N(C)C)ncc1C(=O)NCc1ccc(F)cc1. The summed E-state index contributed by atoms with van der Waals surface area (Å²) in [5.74, 6) is 0.0123. The van der Waals surface area contributed by atoms with Crippen molar-refractivity contribution in [2.24, 2.45) is 0 Å². The van der Waals surface area contributed by atoms with Crippen LogP contribution < -0.4 is 10.2 Å². The molecular weight excluding hydrogens is 271 g/mol. The summed E-state index contributed by atoms with van der Waals surface area (Å²) in [6.45, 7) is 2.09. The lowest BCUT2D eigenvalue weighted by molar-refractivity contribution is 0.0949. The molecule has 1 aromatic heterocycles. The molecule has 1 N–H and O–H groups in total. The van der Waals surface area contributed by atoms with Crippen LogP contribution in [0.2, 0.25) is 0 Å². The van der Waals surface area contributed by atoms with Gasteiger partial charge < -0.3 is 10.2 Å². The number of nitrogens with zero attached hydrogens (tertiary/aromatic N) is 3. The first kappa shape index (κ1) is 14.9. The summed E-state index contributed by atoms with van der Waals surface area (Å²) in [6, 6.07) is 5.99. The lowest BCUT2D eigenvalue weighted by atomic mass is 10.2. The molecule has 0 unspecified atom stereocenters. The maximum atomic E-state index is 12.8. The van der Waals surface area contributed by atoms with E-state index in [0.717, 1.165) is 5.56 Å². The molecule has 1 heterocycles. The monoisotopic (exact) mass is 288 g/mol. The molecule has 1 aromatic carbocycles. The van der Waals surface area contributed by atoms with Crippen molar-refractivity contribution in [3.05, 3.63) is 53.1 Å². The van der Waals surface area contributed by atoms with Crippen LogP contribution in [-0.4, -0.2) is 30.0 Å². The highest BCUT2D eigenvalue weighted by atomic mass is 19.1. The maximum absolute atomic E-state index is 12.8. The zero-order chi connectivity index (χ0) is 15.4. The van der Waals surface area contributed by atoms with Crippen LogP contribution in [0, 0.1) is 12.7 Å².